The number of non-ortho nitro benzene ring substituents is 2. The molecule has 0 fully saturated rings. The number of H-pyrrole nitrogens is 2. The maximum Gasteiger partial charge on any atom is 0.271 e. The van der Waals surface area contributed by atoms with E-state index in [1.165, 1.54) is 62.0 Å². The van der Waals surface area contributed by atoms with E-state index in [9.17, 15) is 29.8 Å². The minimum Gasteiger partial charge on any atom is -0.495 e. The molecule has 18 heteroatoms. The van der Waals surface area contributed by atoms with Crippen LogP contribution in [-0.2, 0) is 16.0 Å². The number of thioether (sulfide) groups is 2. The number of nitro benzene ring substituents is 2. The van der Waals surface area contributed by atoms with Crippen molar-refractivity contribution < 1.29 is 28.9 Å². The second-order valence-corrected chi connectivity index (χ2v) is 12.8. The minimum atomic E-state index is -0.482. The Kier molecular flexibility index (Phi) is 10.3. The standard InChI is InChI=1S/C33H28N8O8S2/c1-48-28-12-18(3-7-24(28)34-30(42)16-50-32-36-22-9-5-20(40(44)45)14-26(22)38-32)11-19-4-8-25(29(13-19)49-2)35-31(43)17-51-33-37-23-10-6-21(41(46)47)15-27(23)39-33/h3-10,12-15H,11,16-17H2,1-2H3,(H,34,42)(H,35,43)(H,36,38)(H,37,39). The predicted molar refractivity (Wildman–Crippen MR) is 193 cm³/mol. The lowest BCUT2D eigenvalue weighted by molar-refractivity contribution is -0.384. The molecule has 2 amide bonds. The summed E-state index contributed by atoms with van der Waals surface area (Å²) < 4.78 is 11.1. The van der Waals surface area contributed by atoms with Crippen molar-refractivity contribution in [3.05, 3.63) is 104 Å². The van der Waals surface area contributed by atoms with Gasteiger partial charge in [0.1, 0.15) is 11.5 Å². The van der Waals surface area contributed by atoms with Crippen LogP contribution in [-0.4, -0.2) is 67.3 Å². The van der Waals surface area contributed by atoms with Gasteiger partial charge in [-0.2, -0.15) is 0 Å². The quantitative estimate of drug-likeness (QED) is 0.0549. The van der Waals surface area contributed by atoms with Crippen molar-refractivity contribution in [1.29, 1.82) is 0 Å². The number of fused-ring (bicyclic) bond motifs is 2. The van der Waals surface area contributed by atoms with Crippen LogP contribution in [0, 0.1) is 20.2 Å². The van der Waals surface area contributed by atoms with Gasteiger partial charge in [-0.3, -0.25) is 29.8 Å². The number of imidazole rings is 2. The molecule has 51 heavy (non-hydrogen) atoms. The molecule has 4 aromatic carbocycles. The third kappa shape index (κ3) is 8.36. The minimum absolute atomic E-state index is 0.0425. The number of aromatic nitrogens is 4. The van der Waals surface area contributed by atoms with E-state index < -0.39 is 9.85 Å². The highest BCUT2D eigenvalue weighted by Gasteiger charge is 2.16. The highest BCUT2D eigenvalue weighted by molar-refractivity contribution is 8.00. The van der Waals surface area contributed by atoms with Gasteiger partial charge in [0.2, 0.25) is 11.8 Å². The Morgan fingerprint density at radius 1 is 0.686 bits per heavy atom. The van der Waals surface area contributed by atoms with Crippen LogP contribution in [0.4, 0.5) is 22.7 Å². The Morgan fingerprint density at radius 3 is 1.51 bits per heavy atom. The number of rotatable bonds is 14. The average molecular weight is 729 g/mol. The summed E-state index contributed by atoms with van der Waals surface area (Å²) in [6.07, 6.45) is 0.509. The van der Waals surface area contributed by atoms with Crippen LogP contribution in [0.25, 0.3) is 22.1 Å². The molecule has 16 nitrogen and oxygen atoms in total. The Labute approximate surface area is 297 Å². The van der Waals surface area contributed by atoms with Gasteiger partial charge in [-0.05, 0) is 53.9 Å². The van der Waals surface area contributed by atoms with Gasteiger partial charge in [0.25, 0.3) is 11.4 Å². The zero-order valence-electron chi connectivity index (χ0n) is 26.9. The number of nitrogens with zero attached hydrogens (tertiary/aromatic N) is 4. The van der Waals surface area contributed by atoms with E-state index in [4.69, 9.17) is 9.47 Å². The summed E-state index contributed by atoms with van der Waals surface area (Å²) in [6.45, 7) is 0. The molecule has 0 saturated carbocycles. The largest absolute Gasteiger partial charge is 0.495 e. The number of amides is 2. The van der Waals surface area contributed by atoms with Gasteiger partial charge in [0.15, 0.2) is 10.3 Å². The number of ether oxygens (including phenoxy) is 2. The predicted octanol–water partition coefficient (Wildman–Crippen LogP) is 6.33. The lowest BCUT2D eigenvalue weighted by atomic mass is 10.0. The molecule has 2 aromatic heterocycles. The van der Waals surface area contributed by atoms with Crippen molar-refractivity contribution in [2.75, 3.05) is 36.4 Å². The molecule has 0 atom stereocenters. The molecule has 0 radical (unpaired) electrons. The first-order chi connectivity index (χ1) is 24.6. The molecule has 4 N–H and O–H groups in total. The molecule has 0 saturated heterocycles. The Morgan fingerprint density at radius 2 is 1.12 bits per heavy atom. The van der Waals surface area contributed by atoms with E-state index in [0.717, 1.165) is 11.1 Å². The number of nitrogens with one attached hydrogen (secondary N) is 4. The summed E-state index contributed by atoms with van der Waals surface area (Å²) in [5, 5.41) is 28.7. The van der Waals surface area contributed by atoms with Gasteiger partial charge < -0.3 is 30.1 Å². The summed E-state index contributed by atoms with van der Waals surface area (Å²) in [4.78, 5) is 61.4. The summed E-state index contributed by atoms with van der Waals surface area (Å²) in [7, 11) is 3.02. The number of aromatic amines is 2. The van der Waals surface area contributed by atoms with Gasteiger partial charge >= 0.3 is 0 Å². The number of carbonyl (C=O) groups excluding carboxylic acids is 2. The zero-order valence-corrected chi connectivity index (χ0v) is 28.6. The molecule has 0 aliphatic rings. The van der Waals surface area contributed by atoms with Gasteiger partial charge in [0, 0.05) is 24.3 Å². The summed E-state index contributed by atoms with van der Waals surface area (Å²) in [6, 6.07) is 19.5. The van der Waals surface area contributed by atoms with Crippen molar-refractivity contribution in [3.63, 3.8) is 0 Å². The topological polar surface area (TPSA) is 220 Å². The van der Waals surface area contributed by atoms with Crippen LogP contribution >= 0.6 is 23.5 Å². The van der Waals surface area contributed by atoms with Crippen LogP contribution in [0.1, 0.15) is 11.1 Å². The van der Waals surface area contributed by atoms with E-state index in [1.54, 1.807) is 24.3 Å². The molecule has 0 aliphatic carbocycles. The molecule has 0 bridgehead atoms. The third-order valence-corrected chi connectivity index (χ3v) is 9.22. The molecule has 260 valence electrons. The number of hydrogen-bond donors (Lipinski definition) is 4. The van der Waals surface area contributed by atoms with Crippen LogP contribution < -0.4 is 20.1 Å². The summed E-state index contributed by atoms with van der Waals surface area (Å²) >= 11 is 2.33. The van der Waals surface area contributed by atoms with E-state index in [1.807, 2.05) is 24.3 Å². The monoisotopic (exact) mass is 728 g/mol. The van der Waals surface area contributed by atoms with Crippen molar-refractivity contribution >= 4 is 80.2 Å². The number of hydrogen-bond acceptors (Lipinski definition) is 12. The summed E-state index contributed by atoms with van der Waals surface area (Å²) in [5.74, 6) is 0.446. The third-order valence-electron chi connectivity index (χ3n) is 7.48. The molecular formula is C33H28N8O8S2. The fourth-order valence-electron chi connectivity index (χ4n) is 5.09. The highest BCUT2D eigenvalue weighted by atomic mass is 32.2. The Hall–Kier alpha value is -6.14. The number of carbonyl (C=O) groups is 2. The number of benzene rings is 4. The lowest BCUT2D eigenvalue weighted by Gasteiger charge is -2.14. The van der Waals surface area contributed by atoms with Gasteiger partial charge in [-0.15, -0.1) is 0 Å². The second kappa shape index (κ2) is 15.2. The maximum absolute atomic E-state index is 12.8. The first-order valence-electron chi connectivity index (χ1n) is 15.1. The molecule has 0 unspecified atom stereocenters. The summed E-state index contributed by atoms with van der Waals surface area (Å²) in [5.41, 5.74) is 4.83. The fourth-order valence-corrected chi connectivity index (χ4v) is 6.46. The van der Waals surface area contributed by atoms with Gasteiger partial charge in [0.05, 0.1) is 69.0 Å². The van der Waals surface area contributed by atoms with E-state index in [0.29, 0.717) is 61.7 Å². The Bertz CT molecular complexity index is 2150. The highest BCUT2D eigenvalue weighted by Crippen LogP contribution is 2.31. The molecular weight excluding hydrogens is 701 g/mol. The van der Waals surface area contributed by atoms with E-state index in [2.05, 4.69) is 30.6 Å². The molecule has 0 spiro atoms. The molecule has 6 aromatic rings. The SMILES string of the molecule is COc1cc(Cc2ccc(NC(=O)CSc3nc4ccc([N+](=O)[O-])cc4[nH]3)c(OC)c2)ccc1NC(=O)CSc1nc2ccc([N+](=O)[O-])cc2[nH]1. The normalized spacial score (nSPS) is 11.0. The van der Waals surface area contributed by atoms with Crippen LogP contribution in [0.3, 0.4) is 0 Å². The first-order valence-corrected chi connectivity index (χ1v) is 17.0. The van der Waals surface area contributed by atoms with E-state index in [-0.39, 0.29) is 34.7 Å². The van der Waals surface area contributed by atoms with Gasteiger partial charge in [-0.25, -0.2) is 9.97 Å². The van der Waals surface area contributed by atoms with Crippen molar-refractivity contribution in [1.82, 2.24) is 19.9 Å². The molecule has 0 aliphatic heterocycles. The van der Waals surface area contributed by atoms with Crippen molar-refractivity contribution in [2.45, 2.75) is 16.7 Å². The average Bonchev–Trinajstić information content (AvgIpc) is 3.73. The number of methoxy groups -OCH3 is 2. The van der Waals surface area contributed by atoms with Crippen molar-refractivity contribution in [2.24, 2.45) is 0 Å². The number of anilines is 2. The van der Waals surface area contributed by atoms with Crippen LogP contribution in [0.15, 0.2) is 83.1 Å². The first kappa shape index (κ1) is 34.7. The van der Waals surface area contributed by atoms with Crippen LogP contribution in [0.2, 0.25) is 0 Å². The molecule has 2 heterocycles. The lowest BCUT2D eigenvalue weighted by Crippen LogP contribution is -2.15. The van der Waals surface area contributed by atoms with Crippen molar-refractivity contribution in [3.8, 4) is 11.5 Å². The maximum atomic E-state index is 12.8. The second-order valence-electron chi connectivity index (χ2n) is 10.9. The molecule has 6 rings (SSSR count). The smallest absolute Gasteiger partial charge is 0.271 e. The Balaban J connectivity index is 1.03. The fraction of sp³-hybridized carbons (Fsp3) is 0.152. The number of nitro groups is 2. The zero-order chi connectivity index (χ0) is 36.1. The van der Waals surface area contributed by atoms with Gasteiger partial charge in [-0.1, -0.05) is 35.7 Å². The van der Waals surface area contributed by atoms with E-state index >= 15 is 0 Å². The van der Waals surface area contributed by atoms with Crippen LogP contribution in [0.5, 0.6) is 11.5 Å².